The number of ether oxygens (including phenoxy) is 1. The zero-order valence-electron chi connectivity index (χ0n) is 19.6. The van der Waals surface area contributed by atoms with E-state index in [0.29, 0.717) is 18.0 Å². The van der Waals surface area contributed by atoms with Crippen molar-refractivity contribution in [2.45, 2.75) is 33.6 Å². The fourth-order valence-corrected chi connectivity index (χ4v) is 5.03. The summed E-state index contributed by atoms with van der Waals surface area (Å²) in [6, 6.07) is 14.7. The first kappa shape index (κ1) is 21.4. The van der Waals surface area contributed by atoms with Crippen LogP contribution >= 0.6 is 0 Å². The maximum atomic E-state index is 13.1. The molecule has 2 heterocycles. The van der Waals surface area contributed by atoms with E-state index in [-0.39, 0.29) is 5.97 Å². The van der Waals surface area contributed by atoms with Crippen LogP contribution in [0.2, 0.25) is 0 Å². The van der Waals surface area contributed by atoms with E-state index in [1.807, 2.05) is 19.1 Å². The lowest BCUT2D eigenvalue weighted by Crippen LogP contribution is -2.47. The Morgan fingerprint density at radius 2 is 1.70 bits per heavy atom. The molecule has 0 bridgehead atoms. The molecule has 0 unspecified atom stereocenters. The molecule has 2 aliphatic rings. The van der Waals surface area contributed by atoms with Crippen molar-refractivity contribution in [2.24, 2.45) is 0 Å². The second kappa shape index (κ2) is 8.85. The van der Waals surface area contributed by atoms with Crippen LogP contribution in [-0.4, -0.2) is 49.0 Å². The molecule has 2 aromatic carbocycles. The van der Waals surface area contributed by atoms with E-state index in [9.17, 15) is 4.79 Å². The molecule has 1 aliphatic heterocycles. The first-order chi connectivity index (χ1) is 16.1. The van der Waals surface area contributed by atoms with Gasteiger partial charge in [0.15, 0.2) is 5.82 Å². The van der Waals surface area contributed by atoms with Gasteiger partial charge in [-0.2, -0.15) is 0 Å². The average molecular weight is 443 g/mol. The van der Waals surface area contributed by atoms with Crippen LogP contribution in [-0.2, 0) is 17.6 Å². The molecule has 1 saturated heterocycles. The minimum absolute atomic E-state index is 0.296. The van der Waals surface area contributed by atoms with E-state index < -0.39 is 0 Å². The summed E-state index contributed by atoms with van der Waals surface area (Å²) in [5.74, 6) is 0.363. The third-order valence-electron chi connectivity index (χ3n) is 6.95. The Hall–Kier alpha value is -3.41. The van der Waals surface area contributed by atoms with Crippen molar-refractivity contribution in [1.29, 1.82) is 0 Å². The Morgan fingerprint density at radius 1 is 0.939 bits per heavy atom. The lowest BCUT2D eigenvalue weighted by Gasteiger charge is -2.38. The molecule has 1 aliphatic carbocycles. The zero-order chi connectivity index (χ0) is 22.9. The topological polar surface area (TPSA) is 58.6 Å². The minimum atomic E-state index is -0.296. The van der Waals surface area contributed by atoms with E-state index in [1.165, 1.54) is 22.4 Å². The third-order valence-corrected chi connectivity index (χ3v) is 6.95. The summed E-state index contributed by atoms with van der Waals surface area (Å²) < 4.78 is 5.49. The molecule has 6 heteroatoms. The van der Waals surface area contributed by atoms with Gasteiger partial charge in [0.1, 0.15) is 5.56 Å². The monoisotopic (exact) mass is 442 g/mol. The van der Waals surface area contributed by atoms with Gasteiger partial charge in [-0.1, -0.05) is 36.4 Å². The number of aryl methyl sites for hydroxylation is 2. The van der Waals surface area contributed by atoms with Gasteiger partial charge < -0.3 is 14.5 Å². The van der Waals surface area contributed by atoms with Crippen LogP contribution < -0.4 is 9.80 Å². The summed E-state index contributed by atoms with van der Waals surface area (Å²) in [6.07, 6.45) is 1.66. The van der Waals surface area contributed by atoms with Gasteiger partial charge in [-0.25, -0.2) is 4.79 Å². The Balaban J connectivity index is 1.48. The van der Waals surface area contributed by atoms with Gasteiger partial charge in [0.2, 0.25) is 0 Å². The fraction of sp³-hybridized carbons (Fsp3) is 0.370. The lowest BCUT2D eigenvalue weighted by molar-refractivity contribution is 0.0525. The van der Waals surface area contributed by atoms with E-state index in [0.717, 1.165) is 55.8 Å². The number of carbonyl (C=O) groups is 1. The van der Waals surface area contributed by atoms with E-state index in [4.69, 9.17) is 4.74 Å². The van der Waals surface area contributed by atoms with Gasteiger partial charge in [0.05, 0.1) is 12.3 Å². The molecule has 170 valence electrons. The van der Waals surface area contributed by atoms with Crippen molar-refractivity contribution in [3.8, 4) is 11.3 Å². The standard InChI is InChI=1S/C27H30N4O2/c1-4-33-27(32)24-22-13-12-20-9-5-6-10-21(20)25(22)28-29-26(24)31-16-14-30(15-17-31)23-11-7-8-18(2)19(23)3/h5-11H,4,12-17H2,1-3H3. The third kappa shape index (κ3) is 3.84. The second-order valence-electron chi connectivity index (χ2n) is 8.80. The summed E-state index contributed by atoms with van der Waals surface area (Å²) >= 11 is 0. The van der Waals surface area contributed by atoms with Gasteiger partial charge in [-0.3, -0.25) is 0 Å². The molecule has 0 radical (unpaired) electrons. The van der Waals surface area contributed by atoms with Crippen LogP contribution in [0.5, 0.6) is 0 Å². The number of hydrogen-bond donors (Lipinski definition) is 0. The first-order valence-corrected chi connectivity index (χ1v) is 11.8. The summed E-state index contributed by atoms with van der Waals surface area (Å²) in [4.78, 5) is 17.8. The van der Waals surface area contributed by atoms with Gasteiger partial charge in [0, 0.05) is 37.4 Å². The minimum Gasteiger partial charge on any atom is -0.462 e. The summed E-state index contributed by atoms with van der Waals surface area (Å²) in [6.45, 7) is 9.82. The number of fused-ring (bicyclic) bond motifs is 3. The number of aromatic nitrogens is 2. The number of nitrogens with zero attached hydrogens (tertiary/aromatic N) is 4. The molecule has 1 aromatic heterocycles. The largest absolute Gasteiger partial charge is 0.462 e. The Bertz CT molecular complexity index is 1200. The van der Waals surface area contributed by atoms with Gasteiger partial charge >= 0.3 is 5.97 Å². The maximum absolute atomic E-state index is 13.1. The Morgan fingerprint density at radius 3 is 2.48 bits per heavy atom. The molecular weight excluding hydrogens is 412 g/mol. The first-order valence-electron chi connectivity index (χ1n) is 11.8. The predicted molar refractivity (Wildman–Crippen MR) is 131 cm³/mol. The highest BCUT2D eigenvalue weighted by molar-refractivity contribution is 5.98. The molecule has 33 heavy (non-hydrogen) atoms. The molecule has 0 N–H and O–H groups in total. The van der Waals surface area contributed by atoms with Gasteiger partial charge in [0.25, 0.3) is 0 Å². The van der Waals surface area contributed by atoms with Crippen molar-refractivity contribution in [3.05, 3.63) is 70.3 Å². The van der Waals surface area contributed by atoms with E-state index in [2.05, 4.69) is 64.2 Å². The molecular formula is C27H30N4O2. The van der Waals surface area contributed by atoms with Gasteiger partial charge in [-0.05, 0) is 61.9 Å². The SMILES string of the molecule is CCOC(=O)c1c(N2CCN(c3cccc(C)c3C)CC2)nnc2c1CCc1ccccc1-2. The second-order valence-corrected chi connectivity index (χ2v) is 8.80. The van der Waals surface area contributed by atoms with Crippen LogP contribution in [0, 0.1) is 13.8 Å². The maximum Gasteiger partial charge on any atom is 0.342 e. The zero-order valence-corrected chi connectivity index (χ0v) is 19.6. The van der Waals surface area contributed by atoms with Crippen LogP contribution in [0.1, 0.15) is 39.5 Å². The average Bonchev–Trinajstić information content (AvgIpc) is 2.85. The van der Waals surface area contributed by atoms with Crippen LogP contribution in [0.3, 0.4) is 0 Å². The highest BCUT2D eigenvalue weighted by atomic mass is 16.5. The number of carbonyl (C=O) groups excluding carboxylic acids is 1. The molecule has 5 rings (SSSR count). The van der Waals surface area contributed by atoms with Crippen molar-refractivity contribution in [1.82, 2.24) is 10.2 Å². The molecule has 1 fully saturated rings. The van der Waals surface area contributed by atoms with Crippen LogP contribution in [0.4, 0.5) is 11.5 Å². The molecule has 0 atom stereocenters. The normalized spacial score (nSPS) is 15.1. The smallest absolute Gasteiger partial charge is 0.342 e. The van der Waals surface area contributed by atoms with Crippen LogP contribution in [0.15, 0.2) is 42.5 Å². The molecule has 3 aromatic rings. The van der Waals surface area contributed by atoms with Crippen molar-refractivity contribution < 1.29 is 9.53 Å². The number of piperazine rings is 1. The number of benzene rings is 2. The Labute approximate surface area is 195 Å². The molecule has 6 nitrogen and oxygen atoms in total. The number of esters is 1. The highest BCUT2D eigenvalue weighted by Crippen LogP contribution is 2.37. The molecule has 0 saturated carbocycles. The summed E-state index contributed by atoms with van der Waals surface area (Å²) in [7, 11) is 0. The van der Waals surface area contributed by atoms with E-state index in [1.54, 1.807) is 0 Å². The van der Waals surface area contributed by atoms with Gasteiger partial charge in [-0.15, -0.1) is 10.2 Å². The van der Waals surface area contributed by atoms with Crippen LogP contribution in [0.25, 0.3) is 11.3 Å². The summed E-state index contributed by atoms with van der Waals surface area (Å²) in [5, 5.41) is 9.23. The predicted octanol–water partition coefficient (Wildman–Crippen LogP) is 4.36. The fourth-order valence-electron chi connectivity index (χ4n) is 5.03. The number of anilines is 2. The van der Waals surface area contributed by atoms with Crippen molar-refractivity contribution in [2.75, 3.05) is 42.6 Å². The quantitative estimate of drug-likeness (QED) is 0.560. The number of hydrogen-bond acceptors (Lipinski definition) is 6. The van der Waals surface area contributed by atoms with Crippen molar-refractivity contribution in [3.63, 3.8) is 0 Å². The summed E-state index contributed by atoms with van der Waals surface area (Å²) in [5.41, 5.74) is 8.62. The Kier molecular flexibility index (Phi) is 5.75. The lowest BCUT2D eigenvalue weighted by atomic mass is 9.87. The van der Waals surface area contributed by atoms with Crippen molar-refractivity contribution >= 4 is 17.5 Å². The van der Waals surface area contributed by atoms with E-state index >= 15 is 0 Å². The number of rotatable bonds is 4. The highest BCUT2D eigenvalue weighted by Gasteiger charge is 2.31. The molecule has 0 amide bonds. The molecule has 0 spiro atoms.